The van der Waals surface area contributed by atoms with Crippen LogP contribution in [-0.2, 0) is 45.0 Å². The summed E-state index contributed by atoms with van der Waals surface area (Å²) in [6.45, 7) is 11.6. The molecule has 14 nitrogen and oxygen atoms in total. The molecule has 4 aromatic rings. The van der Waals surface area contributed by atoms with Gasteiger partial charge in [0.05, 0.1) is 24.2 Å². The number of hydrogen-bond acceptors (Lipinski definition) is 9. The van der Waals surface area contributed by atoms with Crippen molar-refractivity contribution >= 4 is 23.6 Å². The van der Waals surface area contributed by atoms with Gasteiger partial charge >= 0.3 is 0 Å². The molecule has 2 aromatic heterocycles. The van der Waals surface area contributed by atoms with Crippen LogP contribution < -0.4 is 26.0 Å². The van der Waals surface area contributed by atoms with Crippen molar-refractivity contribution in [1.82, 2.24) is 41.2 Å². The molecule has 2 bridgehead atoms. The van der Waals surface area contributed by atoms with Crippen molar-refractivity contribution in [2.45, 2.75) is 97.9 Å². The summed E-state index contributed by atoms with van der Waals surface area (Å²) in [7, 11) is 0. The van der Waals surface area contributed by atoms with Crippen LogP contribution in [0.15, 0.2) is 65.2 Å². The van der Waals surface area contributed by atoms with Gasteiger partial charge in [0.2, 0.25) is 23.6 Å². The molecule has 53 heavy (non-hydrogen) atoms. The summed E-state index contributed by atoms with van der Waals surface area (Å²) in [5.41, 5.74) is 2.22. The molecule has 0 aliphatic carbocycles. The third-order valence-corrected chi connectivity index (χ3v) is 8.86. The van der Waals surface area contributed by atoms with Crippen molar-refractivity contribution in [2.75, 3.05) is 6.61 Å². The van der Waals surface area contributed by atoms with Crippen LogP contribution >= 0.6 is 0 Å². The van der Waals surface area contributed by atoms with Gasteiger partial charge in [0.15, 0.2) is 5.82 Å². The molecule has 14 heteroatoms. The number of carbonyl (C=O) groups excluding carboxylic acids is 4. The van der Waals surface area contributed by atoms with E-state index in [9.17, 15) is 19.2 Å². The van der Waals surface area contributed by atoms with Crippen LogP contribution in [0.4, 0.5) is 0 Å². The van der Waals surface area contributed by atoms with Gasteiger partial charge in [0, 0.05) is 18.9 Å². The number of fused-ring (bicyclic) bond motifs is 14. The highest BCUT2D eigenvalue weighted by atomic mass is 16.5. The maximum absolute atomic E-state index is 14.3. The molecule has 0 fully saturated rings. The van der Waals surface area contributed by atoms with E-state index in [-0.39, 0.29) is 56.2 Å². The second-order valence-electron chi connectivity index (χ2n) is 14.4. The van der Waals surface area contributed by atoms with Crippen LogP contribution in [0.3, 0.4) is 0 Å². The molecule has 0 unspecified atom stereocenters. The Bertz CT molecular complexity index is 1850. The number of hydrogen-bond donors (Lipinski definition) is 4. The molecular formula is C39H50N8O6. The molecule has 0 saturated heterocycles. The molecule has 4 N–H and O–H groups in total. The minimum absolute atomic E-state index is 0.113. The average Bonchev–Trinajstić information content (AvgIpc) is 3.68. The summed E-state index contributed by atoms with van der Waals surface area (Å²) in [5, 5.41) is 20.4. The third-order valence-electron chi connectivity index (χ3n) is 8.86. The highest BCUT2D eigenvalue weighted by molar-refractivity contribution is 5.92. The Morgan fingerprint density at radius 1 is 0.962 bits per heavy atom. The smallest absolute Gasteiger partial charge is 0.243 e. The first-order valence-corrected chi connectivity index (χ1v) is 18.1. The molecule has 2 aromatic carbocycles. The molecule has 4 heterocycles. The predicted molar refractivity (Wildman–Crippen MR) is 196 cm³/mol. The van der Waals surface area contributed by atoms with Crippen LogP contribution in [-0.4, -0.2) is 68.3 Å². The normalized spacial score (nSPS) is 20.3. The van der Waals surface area contributed by atoms with Gasteiger partial charge in [-0.3, -0.25) is 19.2 Å². The van der Waals surface area contributed by atoms with E-state index < -0.39 is 35.8 Å². The number of ether oxygens (including phenoxy) is 1. The van der Waals surface area contributed by atoms with Crippen molar-refractivity contribution in [3.05, 3.63) is 94.9 Å². The van der Waals surface area contributed by atoms with Crippen molar-refractivity contribution in [2.24, 2.45) is 11.8 Å². The fraction of sp³-hybridized carbons (Fsp3) is 0.462. The lowest BCUT2D eigenvalue weighted by molar-refractivity contribution is -0.132. The second-order valence-corrected chi connectivity index (χ2v) is 14.4. The predicted octanol–water partition coefficient (Wildman–Crippen LogP) is 3.32. The number of aryl methyl sites for hydroxylation is 2. The zero-order chi connectivity index (χ0) is 38.1. The highest BCUT2D eigenvalue weighted by Gasteiger charge is 2.32. The second kappa shape index (κ2) is 17.8. The van der Waals surface area contributed by atoms with Gasteiger partial charge in [-0.2, -0.15) is 5.10 Å². The Morgan fingerprint density at radius 3 is 2.36 bits per heavy atom. The van der Waals surface area contributed by atoms with Gasteiger partial charge in [0.25, 0.3) is 0 Å². The summed E-state index contributed by atoms with van der Waals surface area (Å²) in [4.78, 5) is 59.8. The molecule has 0 radical (unpaired) electrons. The first-order chi connectivity index (χ1) is 25.3. The molecule has 4 atom stereocenters. The number of benzene rings is 2. The molecule has 0 saturated carbocycles. The Morgan fingerprint density at radius 2 is 1.70 bits per heavy atom. The molecule has 2 aliphatic rings. The van der Waals surface area contributed by atoms with E-state index in [4.69, 9.17) is 9.26 Å². The number of nitrogens with zero attached hydrogens (tertiary/aromatic N) is 4. The highest BCUT2D eigenvalue weighted by Crippen LogP contribution is 2.22. The Balaban J connectivity index is 1.51. The Kier molecular flexibility index (Phi) is 13.0. The molecular weight excluding hydrogens is 676 g/mol. The van der Waals surface area contributed by atoms with E-state index in [1.165, 1.54) is 4.68 Å². The minimum atomic E-state index is -1.03. The number of amides is 4. The Hall–Kier alpha value is -5.53. The van der Waals surface area contributed by atoms with Crippen molar-refractivity contribution in [3.8, 4) is 5.75 Å². The largest absolute Gasteiger partial charge is 0.491 e. The standard InChI is InChI=1S/C39H50N8O6/c1-23(2)16-29-22-52-30-14-12-28(13-15-30)19-32(42-34(48)20-31-17-25(5)46-53-31)38(50)43-33(18-27-10-8-7-9-11-27)39(51)44-36(24(3)4)37-40-26(6)45-47(37)21-35(49)41-29/h7-15,17,23-24,29,32-33,36H,16,18-22H2,1-6H3,(H,41,49)(H,42,48)(H,43,50)(H,44,51)/t29-,32+,33-,36-/m0/s1. The van der Waals surface area contributed by atoms with Crippen LogP contribution in [0.5, 0.6) is 5.75 Å². The first-order valence-electron chi connectivity index (χ1n) is 18.1. The summed E-state index contributed by atoms with van der Waals surface area (Å²) < 4.78 is 12.9. The summed E-state index contributed by atoms with van der Waals surface area (Å²) in [5.74, 6) is 0.267. The van der Waals surface area contributed by atoms with Crippen LogP contribution in [0.25, 0.3) is 0 Å². The zero-order valence-electron chi connectivity index (χ0n) is 31.2. The lowest BCUT2D eigenvalue weighted by Gasteiger charge is -2.27. The lowest BCUT2D eigenvalue weighted by Crippen LogP contribution is -2.56. The zero-order valence-corrected chi connectivity index (χ0v) is 31.2. The fourth-order valence-electron chi connectivity index (χ4n) is 6.35. The van der Waals surface area contributed by atoms with Gasteiger partial charge in [-0.05, 0) is 55.4 Å². The third kappa shape index (κ3) is 11.2. The number of rotatable bonds is 8. The van der Waals surface area contributed by atoms with E-state index in [1.807, 2.05) is 56.3 Å². The number of nitrogens with one attached hydrogen (secondary N) is 4. The molecule has 282 valence electrons. The van der Waals surface area contributed by atoms with Gasteiger partial charge in [-0.15, -0.1) is 0 Å². The van der Waals surface area contributed by atoms with Crippen molar-refractivity contribution in [1.29, 1.82) is 0 Å². The van der Waals surface area contributed by atoms with Gasteiger partial charge in [0.1, 0.15) is 42.6 Å². The molecule has 2 aliphatic heterocycles. The van der Waals surface area contributed by atoms with E-state index in [1.54, 1.807) is 32.0 Å². The molecule has 6 rings (SSSR count). The number of carbonyl (C=O) groups is 4. The average molecular weight is 727 g/mol. The van der Waals surface area contributed by atoms with Gasteiger partial charge < -0.3 is 30.5 Å². The van der Waals surface area contributed by atoms with E-state index in [0.29, 0.717) is 35.3 Å². The minimum Gasteiger partial charge on any atom is -0.491 e. The first kappa shape index (κ1) is 38.7. The van der Waals surface area contributed by atoms with Crippen molar-refractivity contribution < 1.29 is 28.4 Å². The van der Waals surface area contributed by atoms with Gasteiger partial charge in [-0.25, -0.2) is 9.67 Å². The monoisotopic (exact) mass is 726 g/mol. The van der Waals surface area contributed by atoms with E-state index >= 15 is 0 Å². The molecule has 4 amide bonds. The Labute approximate surface area is 309 Å². The van der Waals surface area contributed by atoms with Crippen LogP contribution in [0, 0.1) is 25.7 Å². The fourth-order valence-corrected chi connectivity index (χ4v) is 6.35. The maximum Gasteiger partial charge on any atom is 0.243 e. The topological polar surface area (TPSA) is 182 Å². The SMILES string of the molecule is Cc1cc(CC(=O)N[C@@H]2Cc3ccc(cc3)OC[C@H](CC(C)C)NC(=O)Cn3nc(C)nc3[C@H](C(C)C)NC(=O)[C@H](Cc3ccccc3)NC2=O)on1. The summed E-state index contributed by atoms with van der Waals surface area (Å²) in [6, 6.07) is 15.3. The van der Waals surface area contributed by atoms with E-state index in [2.05, 4.69) is 50.4 Å². The molecule has 0 spiro atoms. The summed E-state index contributed by atoms with van der Waals surface area (Å²) >= 11 is 0. The summed E-state index contributed by atoms with van der Waals surface area (Å²) in [6.07, 6.45) is 0.884. The van der Waals surface area contributed by atoms with Crippen molar-refractivity contribution in [3.63, 3.8) is 0 Å². The van der Waals surface area contributed by atoms with E-state index in [0.717, 1.165) is 11.1 Å². The lowest BCUT2D eigenvalue weighted by atomic mass is 10.00. The maximum atomic E-state index is 14.3. The van der Waals surface area contributed by atoms with Crippen LogP contribution in [0.2, 0.25) is 0 Å². The van der Waals surface area contributed by atoms with Gasteiger partial charge in [-0.1, -0.05) is 75.3 Å². The quantitative estimate of drug-likeness (QED) is 0.212. The number of aromatic nitrogens is 4. The van der Waals surface area contributed by atoms with Crippen LogP contribution in [0.1, 0.15) is 74.4 Å².